The molecule has 208 valence electrons. The average Bonchev–Trinajstić information content (AvgIpc) is 2.94. The van der Waals surface area contributed by atoms with E-state index in [1.165, 1.54) is 0 Å². The molecule has 4 aromatic rings. The maximum Gasteiger partial charge on any atom is 0.188 e. The summed E-state index contributed by atoms with van der Waals surface area (Å²) in [4.78, 5) is 6.42. The van der Waals surface area contributed by atoms with Gasteiger partial charge in [-0.15, -0.1) is 0 Å². The molecule has 0 aliphatic rings. The van der Waals surface area contributed by atoms with Crippen LogP contribution in [0.5, 0.6) is 0 Å². The second kappa shape index (κ2) is 12.0. The SMILES string of the molecule is Cc1ccc(S(=O)(=O)C(C=C(c2ccc(N(C)C)cc2)c2ccc(N(C)C)cc2)c2ccc(N(C)C)cc2)cc1. The van der Waals surface area contributed by atoms with Crippen LogP contribution in [0.2, 0.25) is 0 Å². The maximum absolute atomic E-state index is 14.3. The van der Waals surface area contributed by atoms with Crippen molar-refractivity contribution in [1.29, 1.82) is 0 Å². The zero-order chi connectivity index (χ0) is 29.0. The third-order valence-electron chi connectivity index (χ3n) is 7.13. The summed E-state index contributed by atoms with van der Waals surface area (Å²) in [6.07, 6.45) is 1.91. The predicted molar refractivity (Wildman–Crippen MR) is 170 cm³/mol. The highest BCUT2D eigenvalue weighted by atomic mass is 32.2. The number of rotatable bonds is 9. The fourth-order valence-corrected chi connectivity index (χ4v) is 6.23. The molecule has 5 nitrogen and oxygen atoms in total. The standard InChI is InChI=1S/C34H39N3O2S/c1-25-8-22-32(23-9-25)40(38,39)34(28-14-20-31(21-15-28)37(6)7)24-33(26-10-16-29(17-11-26)35(2)3)27-12-18-30(19-13-27)36(4)5/h8-24,34H,1-7H3. The van der Waals surface area contributed by atoms with Crippen molar-refractivity contribution in [3.63, 3.8) is 0 Å². The number of sulfone groups is 1. The number of hydrogen-bond donors (Lipinski definition) is 0. The summed E-state index contributed by atoms with van der Waals surface area (Å²) >= 11 is 0. The van der Waals surface area contributed by atoms with Crippen molar-refractivity contribution >= 4 is 32.5 Å². The molecule has 0 aromatic heterocycles. The molecule has 1 atom stereocenters. The molecule has 1 unspecified atom stereocenters. The van der Waals surface area contributed by atoms with E-state index >= 15 is 0 Å². The molecule has 0 radical (unpaired) electrons. The molecule has 0 N–H and O–H groups in total. The fourth-order valence-electron chi connectivity index (χ4n) is 4.59. The molecule has 0 aliphatic heterocycles. The Morgan fingerprint density at radius 3 is 1.32 bits per heavy atom. The molecule has 40 heavy (non-hydrogen) atoms. The summed E-state index contributed by atoms with van der Waals surface area (Å²) in [5, 5.41) is -0.886. The molecule has 6 heteroatoms. The van der Waals surface area contributed by atoms with Gasteiger partial charge in [-0.25, -0.2) is 8.42 Å². The van der Waals surface area contributed by atoms with E-state index in [1.54, 1.807) is 12.1 Å². The highest BCUT2D eigenvalue weighted by molar-refractivity contribution is 7.91. The van der Waals surface area contributed by atoms with Crippen LogP contribution < -0.4 is 14.7 Å². The van der Waals surface area contributed by atoms with Gasteiger partial charge in [0, 0.05) is 59.3 Å². The van der Waals surface area contributed by atoms with Crippen LogP contribution in [0.25, 0.3) is 5.57 Å². The van der Waals surface area contributed by atoms with E-state index in [4.69, 9.17) is 0 Å². The topological polar surface area (TPSA) is 43.9 Å². The molecule has 0 saturated carbocycles. The lowest BCUT2D eigenvalue weighted by atomic mass is 9.95. The highest BCUT2D eigenvalue weighted by Gasteiger charge is 2.28. The van der Waals surface area contributed by atoms with Crippen LogP contribution >= 0.6 is 0 Å². The molecular formula is C34H39N3O2S. The monoisotopic (exact) mass is 553 g/mol. The molecule has 0 amide bonds. The minimum absolute atomic E-state index is 0.307. The molecule has 0 fully saturated rings. The Hall–Kier alpha value is -4.03. The van der Waals surface area contributed by atoms with Crippen molar-refractivity contribution in [1.82, 2.24) is 0 Å². The number of anilines is 3. The van der Waals surface area contributed by atoms with Crippen molar-refractivity contribution in [2.24, 2.45) is 0 Å². The van der Waals surface area contributed by atoms with Gasteiger partial charge in [-0.1, -0.05) is 60.2 Å². The Balaban J connectivity index is 1.95. The molecule has 0 aliphatic carbocycles. The van der Waals surface area contributed by atoms with Gasteiger partial charge >= 0.3 is 0 Å². The first-order valence-electron chi connectivity index (χ1n) is 13.3. The summed E-state index contributed by atoms with van der Waals surface area (Å²) in [7, 11) is 8.21. The van der Waals surface area contributed by atoms with Crippen LogP contribution in [0.4, 0.5) is 17.1 Å². The summed E-state index contributed by atoms with van der Waals surface area (Å²) in [5.41, 5.74) is 7.69. The van der Waals surface area contributed by atoms with Crippen LogP contribution in [0.15, 0.2) is 108 Å². The number of aryl methyl sites for hydroxylation is 1. The third-order valence-corrected chi connectivity index (χ3v) is 9.14. The number of benzene rings is 4. The first-order valence-corrected chi connectivity index (χ1v) is 14.9. The van der Waals surface area contributed by atoms with Crippen molar-refractivity contribution in [3.8, 4) is 0 Å². The van der Waals surface area contributed by atoms with Gasteiger partial charge in [0.2, 0.25) is 0 Å². The van der Waals surface area contributed by atoms with E-state index in [9.17, 15) is 8.42 Å². The van der Waals surface area contributed by atoms with E-state index in [0.717, 1.165) is 44.9 Å². The Bertz CT molecular complexity index is 1500. The van der Waals surface area contributed by atoms with E-state index in [0.29, 0.717) is 4.90 Å². The lowest BCUT2D eigenvalue weighted by Crippen LogP contribution is -2.14. The molecule has 4 aromatic carbocycles. The second-order valence-electron chi connectivity index (χ2n) is 10.7. The van der Waals surface area contributed by atoms with Gasteiger partial charge in [0.25, 0.3) is 0 Å². The van der Waals surface area contributed by atoms with Crippen LogP contribution in [0, 0.1) is 6.92 Å². The van der Waals surface area contributed by atoms with Gasteiger partial charge in [-0.3, -0.25) is 0 Å². The van der Waals surface area contributed by atoms with E-state index < -0.39 is 15.1 Å². The average molecular weight is 554 g/mol. The van der Waals surface area contributed by atoms with E-state index in [2.05, 4.69) is 58.3 Å². The molecule has 0 spiro atoms. The van der Waals surface area contributed by atoms with E-state index in [-0.39, 0.29) is 0 Å². The molecule has 4 rings (SSSR count). The molecule has 0 heterocycles. The molecule has 0 bridgehead atoms. The lowest BCUT2D eigenvalue weighted by molar-refractivity contribution is 0.590. The zero-order valence-corrected chi connectivity index (χ0v) is 25.3. The Labute approximate surface area is 239 Å². The minimum Gasteiger partial charge on any atom is -0.378 e. The highest BCUT2D eigenvalue weighted by Crippen LogP contribution is 2.37. The maximum atomic E-state index is 14.3. The number of hydrogen-bond acceptors (Lipinski definition) is 5. The predicted octanol–water partition coefficient (Wildman–Crippen LogP) is 6.84. The smallest absolute Gasteiger partial charge is 0.188 e. The number of nitrogens with zero attached hydrogens (tertiary/aromatic N) is 3. The normalized spacial score (nSPS) is 12.0. The first kappa shape index (κ1) is 29.0. The largest absolute Gasteiger partial charge is 0.378 e. The van der Waals surface area contributed by atoms with Crippen molar-refractivity contribution in [2.75, 3.05) is 57.0 Å². The van der Waals surface area contributed by atoms with Crippen molar-refractivity contribution in [2.45, 2.75) is 17.1 Å². The quantitative estimate of drug-likeness (QED) is 0.227. The molecular weight excluding hydrogens is 514 g/mol. The summed E-state index contributed by atoms with van der Waals surface area (Å²) in [6, 6.07) is 31.4. The van der Waals surface area contributed by atoms with Crippen molar-refractivity contribution in [3.05, 3.63) is 125 Å². The van der Waals surface area contributed by atoms with Gasteiger partial charge in [0.05, 0.1) is 4.90 Å². The van der Waals surface area contributed by atoms with Crippen LogP contribution in [0.1, 0.15) is 27.5 Å². The lowest BCUT2D eigenvalue weighted by Gasteiger charge is -2.21. The Kier molecular flexibility index (Phi) is 8.70. The second-order valence-corrected chi connectivity index (χ2v) is 12.8. The Morgan fingerprint density at radius 2 is 0.950 bits per heavy atom. The summed E-state index contributed by atoms with van der Waals surface area (Å²) in [6.45, 7) is 1.96. The fraction of sp³-hybridized carbons (Fsp3) is 0.235. The first-order chi connectivity index (χ1) is 19.0. The minimum atomic E-state index is -3.76. The van der Waals surface area contributed by atoms with Crippen molar-refractivity contribution < 1.29 is 8.42 Å². The van der Waals surface area contributed by atoms with Crippen LogP contribution in [-0.2, 0) is 9.84 Å². The summed E-state index contributed by atoms with van der Waals surface area (Å²) in [5.74, 6) is 0. The summed E-state index contributed by atoms with van der Waals surface area (Å²) < 4.78 is 28.6. The molecule has 0 saturated heterocycles. The van der Waals surface area contributed by atoms with Crippen LogP contribution in [0.3, 0.4) is 0 Å². The van der Waals surface area contributed by atoms with E-state index in [1.807, 2.05) is 96.6 Å². The van der Waals surface area contributed by atoms with Gasteiger partial charge < -0.3 is 14.7 Å². The zero-order valence-electron chi connectivity index (χ0n) is 24.5. The van der Waals surface area contributed by atoms with Gasteiger partial charge in [0.1, 0.15) is 5.25 Å². The Morgan fingerprint density at radius 1 is 0.575 bits per heavy atom. The van der Waals surface area contributed by atoms with Gasteiger partial charge in [-0.05, 0) is 77.7 Å². The van der Waals surface area contributed by atoms with Gasteiger partial charge in [0.15, 0.2) is 9.84 Å². The van der Waals surface area contributed by atoms with Gasteiger partial charge in [-0.2, -0.15) is 0 Å². The van der Waals surface area contributed by atoms with Crippen LogP contribution in [-0.4, -0.2) is 50.7 Å². The third kappa shape index (κ3) is 6.40.